The molecule has 0 aliphatic carbocycles. The van der Waals surface area contributed by atoms with Crippen LogP contribution in [-0.2, 0) is 6.54 Å². The molecule has 1 aromatic heterocycles. The molecular formula is C23H23ClN4O3. The Balaban J connectivity index is 1.34. The fourth-order valence-corrected chi connectivity index (χ4v) is 3.77. The average molecular weight is 439 g/mol. The number of amides is 2. The summed E-state index contributed by atoms with van der Waals surface area (Å²) in [5.41, 5.74) is 2.08. The van der Waals surface area contributed by atoms with Crippen LogP contribution in [0.1, 0.15) is 26.3 Å². The van der Waals surface area contributed by atoms with Crippen molar-refractivity contribution in [2.45, 2.75) is 6.54 Å². The standard InChI is InChI=1S/C23H23ClN4O3/c1-31-20-8-6-17(7-9-20)22(29)26-10-12-27(13-11-26)23(30)19-14-25-28(16-19)15-18-4-2-3-5-21(18)24/h2-9,14,16H,10-13,15H2,1H3. The van der Waals surface area contributed by atoms with Gasteiger partial charge in [0.25, 0.3) is 11.8 Å². The Morgan fingerprint density at radius 3 is 2.16 bits per heavy atom. The van der Waals surface area contributed by atoms with Crippen molar-refractivity contribution in [3.63, 3.8) is 0 Å². The summed E-state index contributed by atoms with van der Waals surface area (Å²) in [5.74, 6) is 0.589. The number of carbonyl (C=O) groups excluding carboxylic acids is 2. The lowest BCUT2D eigenvalue weighted by molar-refractivity contribution is 0.0535. The lowest BCUT2D eigenvalue weighted by atomic mass is 10.1. The van der Waals surface area contributed by atoms with Crippen molar-refractivity contribution in [1.82, 2.24) is 19.6 Å². The number of hydrogen-bond acceptors (Lipinski definition) is 4. The summed E-state index contributed by atoms with van der Waals surface area (Å²) in [5, 5.41) is 4.97. The zero-order valence-electron chi connectivity index (χ0n) is 17.2. The van der Waals surface area contributed by atoms with E-state index in [1.54, 1.807) is 58.3 Å². The number of ether oxygens (including phenoxy) is 1. The largest absolute Gasteiger partial charge is 0.497 e. The molecule has 0 unspecified atom stereocenters. The van der Waals surface area contributed by atoms with Crippen LogP contribution in [0.15, 0.2) is 60.9 Å². The molecule has 0 atom stereocenters. The third-order valence-electron chi connectivity index (χ3n) is 5.36. The van der Waals surface area contributed by atoms with Crippen molar-refractivity contribution >= 4 is 23.4 Å². The Bertz CT molecular complexity index is 1070. The monoisotopic (exact) mass is 438 g/mol. The van der Waals surface area contributed by atoms with Gasteiger partial charge in [-0.2, -0.15) is 5.10 Å². The number of rotatable bonds is 5. The van der Waals surface area contributed by atoms with Gasteiger partial charge in [-0.15, -0.1) is 0 Å². The van der Waals surface area contributed by atoms with Gasteiger partial charge < -0.3 is 14.5 Å². The molecule has 4 rings (SSSR count). The summed E-state index contributed by atoms with van der Waals surface area (Å²) in [7, 11) is 1.59. The Hall–Kier alpha value is -3.32. The molecule has 31 heavy (non-hydrogen) atoms. The summed E-state index contributed by atoms with van der Waals surface area (Å²) < 4.78 is 6.84. The van der Waals surface area contributed by atoms with E-state index in [0.717, 1.165) is 5.56 Å². The number of hydrogen-bond donors (Lipinski definition) is 0. The SMILES string of the molecule is COc1ccc(C(=O)N2CCN(C(=O)c3cnn(Cc4ccccc4Cl)c3)CC2)cc1. The lowest BCUT2D eigenvalue weighted by Crippen LogP contribution is -2.50. The summed E-state index contributed by atoms with van der Waals surface area (Å²) in [6.07, 6.45) is 3.31. The first-order valence-electron chi connectivity index (χ1n) is 10.0. The van der Waals surface area contributed by atoms with E-state index >= 15 is 0 Å². The van der Waals surface area contributed by atoms with Crippen molar-refractivity contribution in [3.8, 4) is 5.75 Å². The third kappa shape index (κ3) is 4.72. The summed E-state index contributed by atoms with van der Waals surface area (Å²) in [6.45, 7) is 2.44. The van der Waals surface area contributed by atoms with E-state index in [1.807, 2.05) is 24.3 Å². The molecule has 1 fully saturated rings. The molecule has 2 amide bonds. The number of methoxy groups -OCH3 is 1. The molecule has 8 heteroatoms. The Morgan fingerprint density at radius 2 is 1.55 bits per heavy atom. The maximum atomic E-state index is 12.9. The minimum atomic E-state index is -0.0815. The molecule has 7 nitrogen and oxygen atoms in total. The molecule has 0 radical (unpaired) electrons. The molecule has 0 bridgehead atoms. The zero-order valence-corrected chi connectivity index (χ0v) is 18.0. The molecule has 1 aliphatic heterocycles. The van der Waals surface area contributed by atoms with E-state index in [2.05, 4.69) is 5.10 Å². The van der Waals surface area contributed by atoms with Gasteiger partial charge in [-0.05, 0) is 35.9 Å². The van der Waals surface area contributed by atoms with Crippen LogP contribution in [0.3, 0.4) is 0 Å². The molecule has 2 heterocycles. The molecule has 2 aromatic carbocycles. The first-order valence-corrected chi connectivity index (χ1v) is 10.4. The maximum Gasteiger partial charge on any atom is 0.257 e. The number of piperazine rings is 1. The fraction of sp³-hybridized carbons (Fsp3) is 0.261. The van der Waals surface area contributed by atoms with Crippen LogP contribution >= 0.6 is 11.6 Å². The van der Waals surface area contributed by atoms with E-state index in [-0.39, 0.29) is 11.8 Å². The third-order valence-corrected chi connectivity index (χ3v) is 5.73. The highest BCUT2D eigenvalue weighted by Crippen LogP contribution is 2.17. The lowest BCUT2D eigenvalue weighted by Gasteiger charge is -2.34. The van der Waals surface area contributed by atoms with Crippen LogP contribution in [0.4, 0.5) is 0 Å². The molecule has 0 saturated carbocycles. The predicted molar refractivity (Wildman–Crippen MR) is 118 cm³/mol. The minimum absolute atomic E-state index is 0.0395. The topological polar surface area (TPSA) is 67.7 Å². The normalized spacial score (nSPS) is 13.9. The van der Waals surface area contributed by atoms with E-state index in [1.165, 1.54) is 0 Å². The summed E-state index contributed by atoms with van der Waals surface area (Å²) in [4.78, 5) is 29.1. The highest BCUT2D eigenvalue weighted by atomic mass is 35.5. The van der Waals surface area contributed by atoms with Gasteiger partial charge in [0.2, 0.25) is 0 Å². The second kappa shape index (κ2) is 9.22. The van der Waals surface area contributed by atoms with Crippen molar-refractivity contribution in [3.05, 3.63) is 82.6 Å². The summed E-state index contributed by atoms with van der Waals surface area (Å²) in [6, 6.07) is 14.6. The maximum absolute atomic E-state index is 12.9. The van der Waals surface area contributed by atoms with Gasteiger partial charge in [0, 0.05) is 43.0 Å². The van der Waals surface area contributed by atoms with Gasteiger partial charge in [0.05, 0.1) is 25.4 Å². The van der Waals surface area contributed by atoms with E-state index < -0.39 is 0 Å². The fourth-order valence-electron chi connectivity index (χ4n) is 3.57. The molecular weight excluding hydrogens is 416 g/mol. The van der Waals surface area contributed by atoms with E-state index in [9.17, 15) is 9.59 Å². The van der Waals surface area contributed by atoms with Crippen LogP contribution in [0.25, 0.3) is 0 Å². The number of carbonyl (C=O) groups is 2. The average Bonchev–Trinajstić information content (AvgIpc) is 3.28. The van der Waals surface area contributed by atoms with Crippen molar-refractivity contribution in [1.29, 1.82) is 0 Å². The van der Waals surface area contributed by atoms with Gasteiger partial charge in [-0.25, -0.2) is 0 Å². The van der Waals surface area contributed by atoms with Crippen LogP contribution < -0.4 is 4.74 Å². The van der Waals surface area contributed by atoms with Gasteiger partial charge in [-0.3, -0.25) is 14.3 Å². The molecule has 1 saturated heterocycles. The van der Waals surface area contributed by atoms with Crippen LogP contribution in [0, 0.1) is 0 Å². The second-order valence-corrected chi connectivity index (χ2v) is 7.74. The highest BCUT2D eigenvalue weighted by molar-refractivity contribution is 6.31. The van der Waals surface area contributed by atoms with Crippen molar-refractivity contribution in [2.75, 3.05) is 33.3 Å². The Kier molecular flexibility index (Phi) is 6.23. The zero-order chi connectivity index (χ0) is 21.8. The smallest absolute Gasteiger partial charge is 0.257 e. The van der Waals surface area contributed by atoms with Crippen LogP contribution in [-0.4, -0.2) is 64.7 Å². The van der Waals surface area contributed by atoms with Crippen molar-refractivity contribution < 1.29 is 14.3 Å². The Morgan fingerprint density at radius 1 is 0.935 bits per heavy atom. The molecule has 0 N–H and O–H groups in total. The van der Waals surface area contributed by atoms with Crippen molar-refractivity contribution in [2.24, 2.45) is 0 Å². The molecule has 160 valence electrons. The molecule has 1 aliphatic rings. The number of halogens is 1. The van der Waals surface area contributed by atoms with Gasteiger partial charge in [0.15, 0.2) is 0 Å². The quantitative estimate of drug-likeness (QED) is 0.613. The minimum Gasteiger partial charge on any atom is -0.497 e. The van der Waals surface area contributed by atoms with Crippen LogP contribution in [0.5, 0.6) is 5.75 Å². The number of aromatic nitrogens is 2. The molecule has 3 aromatic rings. The summed E-state index contributed by atoms with van der Waals surface area (Å²) >= 11 is 6.21. The number of nitrogens with zero attached hydrogens (tertiary/aromatic N) is 4. The van der Waals surface area contributed by atoms with Gasteiger partial charge in [-0.1, -0.05) is 29.8 Å². The first kappa shape index (κ1) is 20.9. The predicted octanol–water partition coefficient (Wildman–Crippen LogP) is 3.19. The number of benzene rings is 2. The highest BCUT2D eigenvalue weighted by Gasteiger charge is 2.26. The van der Waals surface area contributed by atoms with Crippen LogP contribution in [0.2, 0.25) is 5.02 Å². The Labute approximate surface area is 185 Å². The van der Waals surface area contributed by atoms with E-state index in [0.29, 0.717) is 54.6 Å². The molecule has 0 spiro atoms. The first-order chi connectivity index (χ1) is 15.0. The van der Waals surface area contributed by atoms with Gasteiger partial charge in [0.1, 0.15) is 5.75 Å². The van der Waals surface area contributed by atoms with E-state index in [4.69, 9.17) is 16.3 Å². The van der Waals surface area contributed by atoms with Gasteiger partial charge >= 0.3 is 0 Å². The second-order valence-electron chi connectivity index (χ2n) is 7.33.